The van der Waals surface area contributed by atoms with E-state index >= 15 is 0 Å². The summed E-state index contributed by atoms with van der Waals surface area (Å²) in [6, 6.07) is 6.09. The molecule has 1 aliphatic rings. The standard InChI is InChI=1S/C16H24O2/c1-12-8-9-15(17-3)16(10-12)18-11-14-7-5-4-6-13(14)2/h8-10,13-14H,4-7,11H2,1-3H3/t13-,14+/m1/s1. The van der Waals surface area contributed by atoms with Crippen molar-refractivity contribution in [2.24, 2.45) is 11.8 Å². The van der Waals surface area contributed by atoms with Gasteiger partial charge < -0.3 is 9.47 Å². The van der Waals surface area contributed by atoms with Crippen LogP contribution in [-0.2, 0) is 0 Å². The van der Waals surface area contributed by atoms with E-state index in [0.29, 0.717) is 5.92 Å². The molecule has 18 heavy (non-hydrogen) atoms. The van der Waals surface area contributed by atoms with E-state index in [-0.39, 0.29) is 0 Å². The van der Waals surface area contributed by atoms with Gasteiger partial charge in [0.1, 0.15) is 0 Å². The summed E-state index contributed by atoms with van der Waals surface area (Å²) in [5, 5.41) is 0. The van der Waals surface area contributed by atoms with E-state index in [2.05, 4.69) is 26.0 Å². The van der Waals surface area contributed by atoms with Gasteiger partial charge >= 0.3 is 0 Å². The van der Waals surface area contributed by atoms with Crippen LogP contribution in [0.4, 0.5) is 0 Å². The molecule has 0 radical (unpaired) electrons. The summed E-state index contributed by atoms with van der Waals surface area (Å²) in [6.45, 7) is 5.25. The third-order valence-electron chi connectivity index (χ3n) is 4.06. The molecule has 0 aromatic heterocycles. The molecule has 2 heteroatoms. The van der Waals surface area contributed by atoms with Crippen LogP contribution in [0.2, 0.25) is 0 Å². The van der Waals surface area contributed by atoms with Crippen molar-refractivity contribution in [3.8, 4) is 11.5 Å². The van der Waals surface area contributed by atoms with Crippen LogP contribution in [0.15, 0.2) is 18.2 Å². The molecule has 0 unspecified atom stereocenters. The fraction of sp³-hybridized carbons (Fsp3) is 0.625. The molecule has 1 fully saturated rings. The first-order valence-electron chi connectivity index (χ1n) is 6.98. The molecule has 100 valence electrons. The van der Waals surface area contributed by atoms with Gasteiger partial charge in [-0.25, -0.2) is 0 Å². The van der Waals surface area contributed by atoms with Crippen molar-refractivity contribution >= 4 is 0 Å². The first-order valence-corrected chi connectivity index (χ1v) is 6.98. The van der Waals surface area contributed by atoms with Gasteiger partial charge in [0.15, 0.2) is 11.5 Å². The Morgan fingerprint density at radius 2 is 1.94 bits per heavy atom. The summed E-state index contributed by atoms with van der Waals surface area (Å²) in [5.74, 6) is 3.21. The zero-order chi connectivity index (χ0) is 13.0. The first kappa shape index (κ1) is 13.3. The molecular weight excluding hydrogens is 224 g/mol. The maximum Gasteiger partial charge on any atom is 0.161 e. The zero-order valence-electron chi connectivity index (χ0n) is 11.7. The van der Waals surface area contributed by atoms with Gasteiger partial charge in [0.05, 0.1) is 13.7 Å². The predicted molar refractivity (Wildman–Crippen MR) is 74.3 cm³/mol. The summed E-state index contributed by atoms with van der Waals surface area (Å²) in [7, 11) is 1.70. The van der Waals surface area contributed by atoms with Crippen molar-refractivity contribution < 1.29 is 9.47 Å². The van der Waals surface area contributed by atoms with Crippen LogP contribution < -0.4 is 9.47 Å². The van der Waals surface area contributed by atoms with E-state index in [1.807, 2.05) is 6.07 Å². The van der Waals surface area contributed by atoms with Gasteiger partial charge in [0, 0.05) is 0 Å². The normalized spacial score (nSPS) is 23.7. The lowest BCUT2D eigenvalue weighted by atomic mass is 9.81. The Labute approximate surface area is 110 Å². The smallest absolute Gasteiger partial charge is 0.161 e. The highest BCUT2D eigenvalue weighted by atomic mass is 16.5. The Hall–Kier alpha value is -1.18. The average Bonchev–Trinajstić information content (AvgIpc) is 2.38. The van der Waals surface area contributed by atoms with Crippen molar-refractivity contribution in [3.05, 3.63) is 23.8 Å². The molecule has 2 atom stereocenters. The van der Waals surface area contributed by atoms with Crippen molar-refractivity contribution in [2.45, 2.75) is 39.5 Å². The minimum atomic E-state index is 0.698. The number of aryl methyl sites for hydroxylation is 1. The average molecular weight is 248 g/mol. The topological polar surface area (TPSA) is 18.5 Å². The van der Waals surface area contributed by atoms with Crippen LogP contribution in [0.25, 0.3) is 0 Å². The number of benzene rings is 1. The predicted octanol–water partition coefficient (Wildman–Crippen LogP) is 4.21. The van der Waals surface area contributed by atoms with Gasteiger partial charge in [-0.05, 0) is 42.9 Å². The highest BCUT2D eigenvalue weighted by molar-refractivity contribution is 5.42. The monoisotopic (exact) mass is 248 g/mol. The highest BCUT2D eigenvalue weighted by Gasteiger charge is 2.22. The molecule has 1 aromatic rings. The van der Waals surface area contributed by atoms with E-state index in [4.69, 9.17) is 9.47 Å². The van der Waals surface area contributed by atoms with Gasteiger partial charge in [-0.15, -0.1) is 0 Å². The SMILES string of the molecule is COc1ccc(C)cc1OC[C@@H]1CCCC[C@H]1C. The van der Waals surface area contributed by atoms with Crippen molar-refractivity contribution in [1.29, 1.82) is 0 Å². The molecular formula is C16H24O2. The van der Waals surface area contributed by atoms with Crippen LogP contribution in [-0.4, -0.2) is 13.7 Å². The number of hydrogen-bond donors (Lipinski definition) is 0. The molecule has 2 rings (SSSR count). The Balaban J connectivity index is 1.98. The summed E-state index contributed by atoms with van der Waals surface area (Å²) in [4.78, 5) is 0. The molecule has 1 saturated carbocycles. The summed E-state index contributed by atoms with van der Waals surface area (Å²) in [5.41, 5.74) is 1.21. The van der Waals surface area contributed by atoms with E-state index < -0.39 is 0 Å². The molecule has 0 aliphatic heterocycles. The lowest BCUT2D eigenvalue weighted by Gasteiger charge is -2.28. The molecule has 0 bridgehead atoms. The molecule has 0 heterocycles. The van der Waals surface area contributed by atoms with Crippen LogP contribution in [0.3, 0.4) is 0 Å². The van der Waals surface area contributed by atoms with Crippen molar-refractivity contribution in [2.75, 3.05) is 13.7 Å². The molecule has 0 amide bonds. The second-order valence-electron chi connectivity index (χ2n) is 5.49. The largest absolute Gasteiger partial charge is 0.493 e. The second kappa shape index (κ2) is 6.12. The molecule has 0 N–H and O–H groups in total. The van der Waals surface area contributed by atoms with Crippen molar-refractivity contribution in [3.63, 3.8) is 0 Å². The van der Waals surface area contributed by atoms with Gasteiger partial charge in [0.2, 0.25) is 0 Å². The van der Waals surface area contributed by atoms with Crippen LogP contribution in [0, 0.1) is 18.8 Å². The van der Waals surface area contributed by atoms with E-state index in [9.17, 15) is 0 Å². The van der Waals surface area contributed by atoms with Crippen molar-refractivity contribution in [1.82, 2.24) is 0 Å². The van der Waals surface area contributed by atoms with E-state index in [0.717, 1.165) is 24.0 Å². The number of ether oxygens (including phenoxy) is 2. The minimum Gasteiger partial charge on any atom is -0.493 e. The zero-order valence-corrected chi connectivity index (χ0v) is 11.7. The van der Waals surface area contributed by atoms with Crippen LogP contribution in [0.5, 0.6) is 11.5 Å². The van der Waals surface area contributed by atoms with E-state index in [1.165, 1.54) is 31.2 Å². The Morgan fingerprint density at radius 1 is 1.17 bits per heavy atom. The fourth-order valence-corrected chi connectivity index (χ4v) is 2.73. The summed E-state index contributed by atoms with van der Waals surface area (Å²) >= 11 is 0. The number of rotatable bonds is 4. The quantitative estimate of drug-likeness (QED) is 0.794. The highest BCUT2D eigenvalue weighted by Crippen LogP contribution is 2.32. The summed E-state index contributed by atoms with van der Waals surface area (Å²) < 4.78 is 11.3. The molecule has 0 spiro atoms. The van der Waals surface area contributed by atoms with Gasteiger partial charge in [-0.2, -0.15) is 0 Å². The van der Waals surface area contributed by atoms with Gasteiger partial charge in [-0.1, -0.05) is 32.3 Å². The third-order valence-corrected chi connectivity index (χ3v) is 4.06. The van der Waals surface area contributed by atoms with Crippen LogP contribution in [0.1, 0.15) is 38.2 Å². The van der Waals surface area contributed by atoms with Gasteiger partial charge in [-0.3, -0.25) is 0 Å². The lowest BCUT2D eigenvalue weighted by molar-refractivity contribution is 0.156. The first-order chi connectivity index (χ1) is 8.70. The Kier molecular flexibility index (Phi) is 4.51. The third kappa shape index (κ3) is 3.18. The molecule has 0 saturated heterocycles. The minimum absolute atomic E-state index is 0.698. The maximum atomic E-state index is 5.99. The maximum absolute atomic E-state index is 5.99. The molecule has 1 aromatic carbocycles. The van der Waals surface area contributed by atoms with E-state index in [1.54, 1.807) is 7.11 Å². The van der Waals surface area contributed by atoms with Crippen LogP contribution >= 0.6 is 0 Å². The summed E-state index contributed by atoms with van der Waals surface area (Å²) in [6.07, 6.45) is 5.38. The Morgan fingerprint density at radius 3 is 2.67 bits per heavy atom. The number of methoxy groups -OCH3 is 1. The van der Waals surface area contributed by atoms with Gasteiger partial charge in [0.25, 0.3) is 0 Å². The molecule has 2 nitrogen and oxygen atoms in total. The fourth-order valence-electron chi connectivity index (χ4n) is 2.73. The number of hydrogen-bond acceptors (Lipinski definition) is 2. The molecule has 1 aliphatic carbocycles. The lowest BCUT2D eigenvalue weighted by Crippen LogP contribution is -2.23. The second-order valence-corrected chi connectivity index (χ2v) is 5.49. The Bertz CT molecular complexity index is 387.